The maximum atomic E-state index is 13.7. The molecule has 0 saturated carbocycles. The van der Waals surface area contributed by atoms with E-state index in [2.05, 4.69) is 44.9 Å². The number of thiazole rings is 1. The molecule has 0 saturated heterocycles. The molecule has 0 aliphatic carbocycles. The highest BCUT2D eigenvalue weighted by Crippen LogP contribution is 2.23. The third-order valence-corrected chi connectivity index (χ3v) is 7.19. The standard InChI is InChI=1S/C24H21N3OS.C8H10N4O/c1-16(25-3)22-14-19-9-7-8-18(12-13-20-15-29-17(2)26-20)23(19)24(28)27(22)21-10-5-4-6-11-21;1-3-4-10-8-6(5-13)7(9)11-12(8)2/h4-11,14-16,25H,1-3H3;3-5H,1H2,2H3,(H2,9,11)/b;10-4-. The number of aromatic nitrogens is 4. The summed E-state index contributed by atoms with van der Waals surface area (Å²) < 4.78 is 3.22. The first-order valence-electron chi connectivity index (χ1n) is 13.1. The molecule has 212 valence electrons. The number of nitrogens with zero attached hydrogens (tertiary/aromatic N) is 5. The van der Waals surface area contributed by atoms with Gasteiger partial charge in [-0.2, -0.15) is 5.10 Å². The van der Waals surface area contributed by atoms with Crippen LogP contribution in [0.2, 0.25) is 0 Å². The van der Waals surface area contributed by atoms with Gasteiger partial charge in [-0.05, 0) is 56.5 Å². The first-order chi connectivity index (χ1) is 20.3. The highest BCUT2D eigenvalue weighted by molar-refractivity contribution is 7.09. The van der Waals surface area contributed by atoms with Crippen LogP contribution in [-0.4, -0.2) is 38.9 Å². The molecule has 3 N–H and O–H groups in total. The van der Waals surface area contributed by atoms with Crippen LogP contribution in [-0.2, 0) is 7.05 Å². The average molecular weight is 578 g/mol. The Morgan fingerprint density at radius 3 is 2.57 bits per heavy atom. The van der Waals surface area contributed by atoms with Gasteiger partial charge in [0.15, 0.2) is 17.9 Å². The van der Waals surface area contributed by atoms with Gasteiger partial charge in [-0.25, -0.2) is 14.7 Å². The molecule has 0 aliphatic rings. The second-order valence-electron chi connectivity index (χ2n) is 9.21. The zero-order chi connectivity index (χ0) is 30.2. The first kappa shape index (κ1) is 29.9. The van der Waals surface area contributed by atoms with E-state index in [0.29, 0.717) is 28.6 Å². The molecule has 0 spiro atoms. The number of pyridine rings is 1. The lowest BCUT2D eigenvalue weighted by molar-refractivity contribution is 0.112. The van der Waals surface area contributed by atoms with Crippen molar-refractivity contribution in [3.8, 4) is 17.5 Å². The molecule has 42 heavy (non-hydrogen) atoms. The molecule has 0 amide bonds. The molecular weight excluding hydrogens is 546 g/mol. The lowest BCUT2D eigenvalue weighted by atomic mass is 10.0. The van der Waals surface area contributed by atoms with E-state index >= 15 is 0 Å². The number of fused-ring (bicyclic) bond motifs is 1. The van der Waals surface area contributed by atoms with Crippen LogP contribution in [0.1, 0.15) is 45.3 Å². The van der Waals surface area contributed by atoms with Crippen LogP contribution in [0.15, 0.2) is 82.4 Å². The average Bonchev–Trinajstić information content (AvgIpc) is 3.54. The van der Waals surface area contributed by atoms with E-state index in [1.165, 1.54) is 17.0 Å². The summed E-state index contributed by atoms with van der Waals surface area (Å²) in [6, 6.07) is 17.6. The van der Waals surface area contributed by atoms with Crippen molar-refractivity contribution in [2.75, 3.05) is 12.8 Å². The Labute approximate surface area is 248 Å². The van der Waals surface area contributed by atoms with Gasteiger partial charge in [-0.1, -0.05) is 48.9 Å². The number of nitrogens with one attached hydrogen (secondary N) is 1. The van der Waals surface area contributed by atoms with E-state index in [1.54, 1.807) is 23.0 Å². The minimum atomic E-state index is -0.0647. The molecule has 3 aromatic heterocycles. The van der Waals surface area contributed by atoms with Gasteiger partial charge in [0.1, 0.15) is 11.3 Å². The number of allylic oxidation sites excluding steroid dienone is 1. The van der Waals surface area contributed by atoms with E-state index in [4.69, 9.17) is 5.73 Å². The summed E-state index contributed by atoms with van der Waals surface area (Å²) in [4.78, 5) is 32.6. The molecule has 0 bridgehead atoms. The topological polar surface area (TPSA) is 120 Å². The van der Waals surface area contributed by atoms with Gasteiger partial charge in [0.05, 0.1) is 10.4 Å². The highest BCUT2D eigenvalue weighted by Gasteiger charge is 2.17. The molecule has 5 rings (SSSR count). The largest absolute Gasteiger partial charge is 0.382 e. The predicted octanol–water partition coefficient (Wildman–Crippen LogP) is 5.14. The Bertz CT molecular complexity index is 1890. The number of para-hydroxylation sites is 1. The number of aryl methyl sites for hydroxylation is 2. The number of aliphatic imine (C=N–C) groups is 1. The zero-order valence-electron chi connectivity index (χ0n) is 23.8. The van der Waals surface area contributed by atoms with E-state index in [1.807, 2.05) is 74.8 Å². The molecule has 3 heterocycles. The third kappa shape index (κ3) is 6.44. The van der Waals surface area contributed by atoms with Crippen LogP contribution in [0.25, 0.3) is 16.5 Å². The quantitative estimate of drug-likeness (QED) is 0.164. The lowest BCUT2D eigenvalue weighted by Gasteiger charge is -2.19. The SMILES string of the molecule is C=C/C=N\c1c(C=O)c(N)nn1C.CNC(C)c1cc2cccc(C#Cc3csc(C)n3)c2c(=O)n1-c1ccccc1. The van der Waals surface area contributed by atoms with Crippen molar-refractivity contribution in [1.29, 1.82) is 0 Å². The maximum absolute atomic E-state index is 13.7. The van der Waals surface area contributed by atoms with Crippen molar-refractivity contribution in [2.45, 2.75) is 19.9 Å². The van der Waals surface area contributed by atoms with E-state index in [0.717, 1.165) is 27.5 Å². The number of nitrogens with two attached hydrogens (primary N) is 1. The Morgan fingerprint density at radius 1 is 1.17 bits per heavy atom. The number of hydrogen-bond acceptors (Lipinski definition) is 8. The fraction of sp³-hybridized carbons (Fsp3) is 0.156. The van der Waals surface area contributed by atoms with Crippen molar-refractivity contribution in [3.63, 3.8) is 0 Å². The first-order valence-corrected chi connectivity index (χ1v) is 13.9. The highest BCUT2D eigenvalue weighted by atomic mass is 32.1. The summed E-state index contributed by atoms with van der Waals surface area (Å²) in [6.45, 7) is 7.47. The van der Waals surface area contributed by atoms with Crippen LogP contribution in [0.4, 0.5) is 11.6 Å². The molecule has 10 heteroatoms. The van der Waals surface area contributed by atoms with Crippen molar-refractivity contribution in [1.82, 2.24) is 24.6 Å². The summed E-state index contributed by atoms with van der Waals surface area (Å²) >= 11 is 1.57. The Morgan fingerprint density at radius 2 is 1.93 bits per heavy atom. The number of carbonyl (C=O) groups is 1. The van der Waals surface area contributed by atoms with Gasteiger partial charge in [0, 0.05) is 41.6 Å². The molecule has 1 unspecified atom stereocenters. The van der Waals surface area contributed by atoms with E-state index in [9.17, 15) is 9.59 Å². The second kappa shape index (κ2) is 13.5. The summed E-state index contributed by atoms with van der Waals surface area (Å²) in [6.07, 6.45) is 3.62. The lowest BCUT2D eigenvalue weighted by Crippen LogP contribution is -2.27. The number of rotatable bonds is 6. The number of anilines is 1. The smallest absolute Gasteiger partial charge is 0.264 e. The van der Waals surface area contributed by atoms with Crippen LogP contribution in [0.5, 0.6) is 0 Å². The van der Waals surface area contributed by atoms with Crippen molar-refractivity contribution in [2.24, 2.45) is 12.0 Å². The fourth-order valence-electron chi connectivity index (χ4n) is 4.29. The minimum Gasteiger partial charge on any atom is -0.382 e. The molecule has 0 fully saturated rings. The third-order valence-electron chi connectivity index (χ3n) is 6.41. The second-order valence-corrected chi connectivity index (χ2v) is 10.3. The van der Waals surface area contributed by atoms with Crippen LogP contribution >= 0.6 is 11.3 Å². The predicted molar refractivity (Wildman–Crippen MR) is 171 cm³/mol. The van der Waals surface area contributed by atoms with E-state index < -0.39 is 0 Å². The molecule has 2 aromatic carbocycles. The van der Waals surface area contributed by atoms with Crippen LogP contribution in [0, 0.1) is 18.8 Å². The monoisotopic (exact) mass is 577 g/mol. The Kier molecular flexibility index (Phi) is 9.60. The van der Waals surface area contributed by atoms with Gasteiger partial charge in [-0.15, -0.1) is 11.3 Å². The minimum absolute atomic E-state index is 0.0139. The number of carbonyl (C=O) groups excluding carboxylic acids is 1. The van der Waals surface area contributed by atoms with Crippen molar-refractivity contribution >= 4 is 46.2 Å². The molecular formula is C32H31N7O2S. The van der Waals surface area contributed by atoms with Gasteiger partial charge >= 0.3 is 0 Å². The molecule has 5 aromatic rings. The van der Waals surface area contributed by atoms with Crippen LogP contribution < -0.4 is 16.6 Å². The van der Waals surface area contributed by atoms with Gasteiger partial charge in [0.2, 0.25) is 0 Å². The molecule has 0 aliphatic heterocycles. The number of nitrogen functional groups attached to an aromatic ring is 1. The van der Waals surface area contributed by atoms with Gasteiger partial charge < -0.3 is 11.1 Å². The van der Waals surface area contributed by atoms with Crippen LogP contribution in [0.3, 0.4) is 0 Å². The maximum Gasteiger partial charge on any atom is 0.264 e. The molecule has 1 atom stereocenters. The summed E-state index contributed by atoms with van der Waals surface area (Å²) in [5.41, 5.74) is 8.90. The van der Waals surface area contributed by atoms with Gasteiger partial charge in [-0.3, -0.25) is 14.2 Å². The Hall–Kier alpha value is -5.11. The fourth-order valence-corrected chi connectivity index (χ4v) is 4.83. The number of aldehydes is 1. The summed E-state index contributed by atoms with van der Waals surface area (Å²) in [5.74, 6) is 6.89. The summed E-state index contributed by atoms with van der Waals surface area (Å²) in [7, 11) is 3.56. The van der Waals surface area contributed by atoms with Gasteiger partial charge in [0.25, 0.3) is 5.56 Å². The zero-order valence-corrected chi connectivity index (χ0v) is 24.6. The Balaban J connectivity index is 0.000000262. The van der Waals surface area contributed by atoms with E-state index in [-0.39, 0.29) is 17.4 Å². The molecule has 0 radical (unpaired) electrons. The number of benzene rings is 2. The summed E-state index contributed by atoms with van der Waals surface area (Å²) in [5, 5.41) is 11.5. The number of hydrogen-bond donors (Lipinski definition) is 2. The van der Waals surface area contributed by atoms with Crippen molar-refractivity contribution < 1.29 is 4.79 Å². The molecule has 9 nitrogen and oxygen atoms in total. The van der Waals surface area contributed by atoms with Crippen molar-refractivity contribution in [3.05, 3.63) is 111 Å². The normalized spacial score (nSPS) is 11.4.